The van der Waals surface area contributed by atoms with E-state index in [4.69, 9.17) is 10.3 Å². The van der Waals surface area contributed by atoms with Crippen molar-refractivity contribution in [2.24, 2.45) is 0 Å². The summed E-state index contributed by atoms with van der Waals surface area (Å²) in [4.78, 5) is 4.24. The Hall–Kier alpha value is -2.63. The van der Waals surface area contributed by atoms with Crippen molar-refractivity contribution in [3.8, 4) is 22.6 Å². The van der Waals surface area contributed by atoms with Gasteiger partial charge in [0.25, 0.3) is 0 Å². The molecule has 0 bridgehead atoms. The standard InChI is InChI=1S/C11H9N5O/c12-11-9(7-3-1-2-5-13-7)10(16-17-11)8-4-6-14-15-8/h1-6H,12H2,(H,14,15). The molecule has 3 aromatic rings. The van der Waals surface area contributed by atoms with Gasteiger partial charge in [0, 0.05) is 12.4 Å². The number of hydrogen-bond donors (Lipinski definition) is 2. The minimum absolute atomic E-state index is 0.244. The van der Waals surface area contributed by atoms with E-state index in [2.05, 4.69) is 20.3 Å². The normalized spacial score (nSPS) is 10.6. The minimum atomic E-state index is 0.244. The van der Waals surface area contributed by atoms with Crippen LogP contribution in [-0.2, 0) is 0 Å². The Morgan fingerprint density at radius 1 is 1.18 bits per heavy atom. The molecule has 0 aliphatic heterocycles. The van der Waals surface area contributed by atoms with Crippen LogP contribution >= 0.6 is 0 Å². The first-order valence-electron chi connectivity index (χ1n) is 5.02. The van der Waals surface area contributed by atoms with Crippen LogP contribution in [0.4, 0.5) is 5.88 Å². The van der Waals surface area contributed by atoms with Crippen LogP contribution in [0.3, 0.4) is 0 Å². The van der Waals surface area contributed by atoms with Gasteiger partial charge in [-0.3, -0.25) is 10.1 Å². The molecule has 3 rings (SSSR count). The van der Waals surface area contributed by atoms with Crippen molar-refractivity contribution in [3.05, 3.63) is 36.7 Å². The van der Waals surface area contributed by atoms with Gasteiger partial charge in [0.1, 0.15) is 5.69 Å². The fourth-order valence-corrected chi connectivity index (χ4v) is 1.63. The molecule has 3 aromatic heterocycles. The Morgan fingerprint density at radius 3 is 2.82 bits per heavy atom. The first-order valence-corrected chi connectivity index (χ1v) is 5.02. The van der Waals surface area contributed by atoms with E-state index in [1.807, 2.05) is 18.2 Å². The maximum Gasteiger partial charge on any atom is 0.232 e. The molecule has 0 spiro atoms. The zero-order valence-electron chi connectivity index (χ0n) is 8.79. The molecular weight excluding hydrogens is 218 g/mol. The molecule has 0 atom stereocenters. The van der Waals surface area contributed by atoms with Gasteiger partial charge < -0.3 is 10.3 Å². The van der Waals surface area contributed by atoms with Crippen molar-refractivity contribution < 1.29 is 4.52 Å². The Balaban J connectivity index is 2.20. The van der Waals surface area contributed by atoms with E-state index < -0.39 is 0 Å². The van der Waals surface area contributed by atoms with Gasteiger partial charge in [-0.2, -0.15) is 5.10 Å². The third kappa shape index (κ3) is 1.55. The van der Waals surface area contributed by atoms with E-state index in [1.165, 1.54) is 0 Å². The number of anilines is 1. The molecule has 0 aliphatic carbocycles. The molecule has 3 N–H and O–H groups in total. The van der Waals surface area contributed by atoms with E-state index in [-0.39, 0.29) is 5.88 Å². The van der Waals surface area contributed by atoms with Crippen LogP contribution in [0, 0.1) is 0 Å². The van der Waals surface area contributed by atoms with Crippen LogP contribution < -0.4 is 5.73 Å². The number of nitrogens with one attached hydrogen (secondary N) is 1. The summed E-state index contributed by atoms with van der Waals surface area (Å²) >= 11 is 0. The molecule has 6 heteroatoms. The van der Waals surface area contributed by atoms with Gasteiger partial charge in [-0.05, 0) is 18.2 Å². The summed E-state index contributed by atoms with van der Waals surface area (Å²) in [7, 11) is 0. The summed E-state index contributed by atoms with van der Waals surface area (Å²) in [6, 6.07) is 7.36. The lowest BCUT2D eigenvalue weighted by atomic mass is 10.1. The van der Waals surface area contributed by atoms with Crippen molar-refractivity contribution in [1.29, 1.82) is 0 Å². The molecule has 0 saturated heterocycles. The topological polar surface area (TPSA) is 93.6 Å². The third-order valence-electron chi connectivity index (χ3n) is 2.40. The van der Waals surface area contributed by atoms with Crippen LogP contribution in [0.1, 0.15) is 0 Å². The van der Waals surface area contributed by atoms with E-state index in [0.29, 0.717) is 11.3 Å². The highest BCUT2D eigenvalue weighted by atomic mass is 16.5. The van der Waals surface area contributed by atoms with Crippen LogP contribution in [0.5, 0.6) is 0 Å². The van der Waals surface area contributed by atoms with Gasteiger partial charge in [-0.15, -0.1) is 0 Å². The summed E-state index contributed by atoms with van der Waals surface area (Å²) in [6.07, 6.45) is 3.33. The second-order valence-electron chi connectivity index (χ2n) is 3.46. The summed E-state index contributed by atoms with van der Waals surface area (Å²) < 4.78 is 5.01. The molecule has 84 valence electrons. The molecular formula is C11H9N5O. The highest BCUT2D eigenvalue weighted by Gasteiger charge is 2.18. The molecule has 0 aromatic carbocycles. The molecule has 0 aliphatic rings. The molecule has 3 heterocycles. The van der Waals surface area contributed by atoms with E-state index >= 15 is 0 Å². The summed E-state index contributed by atoms with van der Waals surface area (Å²) in [6.45, 7) is 0. The Kier molecular flexibility index (Phi) is 2.11. The first kappa shape index (κ1) is 9.59. The van der Waals surface area contributed by atoms with Crippen molar-refractivity contribution in [3.63, 3.8) is 0 Å². The van der Waals surface area contributed by atoms with Crippen LogP contribution in [-0.4, -0.2) is 20.3 Å². The van der Waals surface area contributed by atoms with Crippen LogP contribution in [0.15, 0.2) is 41.2 Å². The van der Waals surface area contributed by atoms with Crippen LogP contribution in [0.2, 0.25) is 0 Å². The number of hydrogen-bond acceptors (Lipinski definition) is 5. The van der Waals surface area contributed by atoms with Crippen molar-refractivity contribution in [1.82, 2.24) is 20.3 Å². The van der Waals surface area contributed by atoms with E-state index in [0.717, 1.165) is 11.4 Å². The number of nitrogen functional groups attached to an aromatic ring is 1. The first-order chi connectivity index (χ1) is 8.36. The fraction of sp³-hybridized carbons (Fsp3) is 0. The average Bonchev–Trinajstić information content (AvgIpc) is 2.98. The van der Waals surface area contributed by atoms with Crippen molar-refractivity contribution in [2.75, 3.05) is 5.73 Å². The van der Waals surface area contributed by atoms with Gasteiger partial charge in [-0.25, -0.2) is 0 Å². The summed E-state index contributed by atoms with van der Waals surface area (Å²) in [5.41, 5.74) is 8.52. The molecule has 0 amide bonds. The zero-order valence-corrected chi connectivity index (χ0v) is 8.79. The number of aromatic amines is 1. The number of pyridine rings is 1. The SMILES string of the molecule is Nc1onc(-c2ccn[nH]2)c1-c1ccccn1. The lowest BCUT2D eigenvalue weighted by Gasteiger charge is -1.98. The fourth-order valence-electron chi connectivity index (χ4n) is 1.63. The van der Waals surface area contributed by atoms with E-state index in [1.54, 1.807) is 18.5 Å². The quantitative estimate of drug-likeness (QED) is 0.695. The number of aromatic nitrogens is 4. The second kappa shape index (κ2) is 3.75. The lowest BCUT2D eigenvalue weighted by Crippen LogP contribution is -1.90. The van der Waals surface area contributed by atoms with Crippen molar-refractivity contribution in [2.45, 2.75) is 0 Å². The number of nitrogens with two attached hydrogens (primary N) is 1. The largest absolute Gasteiger partial charge is 0.367 e. The highest BCUT2D eigenvalue weighted by Crippen LogP contribution is 2.33. The van der Waals surface area contributed by atoms with Gasteiger partial charge in [-0.1, -0.05) is 11.2 Å². The monoisotopic (exact) mass is 227 g/mol. The maximum atomic E-state index is 5.78. The second-order valence-corrected chi connectivity index (χ2v) is 3.46. The molecule has 6 nitrogen and oxygen atoms in total. The zero-order chi connectivity index (χ0) is 11.7. The Bertz CT molecular complexity index is 615. The third-order valence-corrected chi connectivity index (χ3v) is 2.40. The minimum Gasteiger partial charge on any atom is -0.367 e. The molecule has 0 unspecified atom stereocenters. The molecule has 0 fully saturated rings. The Labute approximate surface area is 96.5 Å². The van der Waals surface area contributed by atoms with Gasteiger partial charge in [0.05, 0.1) is 17.0 Å². The predicted octanol–water partition coefficient (Wildman–Crippen LogP) is 1.71. The smallest absolute Gasteiger partial charge is 0.232 e. The van der Waals surface area contributed by atoms with Gasteiger partial charge >= 0.3 is 0 Å². The number of H-pyrrole nitrogens is 1. The van der Waals surface area contributed by atoms with Gasteiger partial charge in [0.2, 0.25) is 5.88 Å². The summed E-state index contributed by atoms with van der Waals surface area (Å²) in [5, 5.41) is 10.6. The van der Waals surface area contributed by atoms with E-state index in [9.17, 15) is 0 Å². The van der Waals surface area contributed by atoms with Gasteiger partial charge in [0.15, 0.2) is 0 Å². The number of rotatable bonds is 2. The predicted molar refractivity (Wildman–Crippen MR) is 61.7 cm³/mol. The number of nitrogens with zero attached hydrogens (tertiary/aromatic N) is 3. The average molecular weight is 227 g/mol. The summed E-state index contributed by atoms with van der Waals surface area (Å²) in [5.74, 6) is 0.244. The van der Waals surface area contributed by atoms with Crippen molar-refractivity contribution >= 4 is 5.88 Å². The molecule has 17 heavy (non-hydrogen) atoms. The maximum absolute atomic E-state index is 5.78. The lowest BCUT2D eigenvalue weighted by molar-refractivity contribution is 0.439. The molecule has 0 saturated carbocycles. The van der Waals surface area contributed by atoms with Crippen LogP contribution in [0.25, 0.3) is 22.6 Å². The Morgan fingerprint density at radius 2 is 2.12 bits per heavy atom. The molecule has 0 radical (unpaired) electrons. The highest BCUT2D eigenvalue weighted by molar-refractivity contribution is 5.83.